The van der Waals surface area contributed by atoms with Gasteiger partial charge in [-0.1, -0.05) is 6.07 Å². The maximum Gasteiger partial charge on any atom is 0.119 e. The van der Waals surface area contributed by atoms with Crippen LogP contribution in [-0.2, 0) is 6.42 Å². The van der Waals surface area contributed by atoms with Crippen molar-refractivity contribution in [1.29, 1.82) is 0 Å². The van der Waals surface area contributed by atoms with E-state index in [-0.39, 0.29) is 18.4 Å². The van der Waals surface area contributed by atoms with E-state index in [1.54, 1.807) is 7.11 Å². The lowest BCUT2D eigenvalue weighted by Crippen LogP contribution is -2.24. The predicted octanol–water partition coefficient (Wildman–Crippen LogP) is 1.03. The molecule has 0 spiro atoms. The van der Waals surface area contributed by atoms with Gasteiger partial charge in [0.05, 0.1) is 13.2 Å². The fourth-order valence-electron chi connectivity index (χ4n) is 1.76. The highest BCUT2D eigenvalue weighted by Crippen LogP contribution is 2.32. The van der Waals surface area contributed by atoms with Gasteiger partial charge in [0.25, 0.3) is 0 Å². The molecule has 3 N–H and O–H groups in total. The Balaban J connectivity index is 0.000000980. The molecule has 0 saturated heterocycles. The van der Waals surface area contributed by atoms with E-state index in [2.05, 4.69) is 0 Å². The summed E-state index contributed by atoms with van der Waals surface area (Å²) in [5, 5.41) is 9.69. The summed E-state index contributed by atoms with van der Waals surface area (Å²) in [5.41, 5.74) is 7.76. The van der Waals surface area contributed by atoms with Crippen molar-refractivity contribution in [2.24, 2.45) is 5.73 Å². The van der Waals surface area contributed by atoms with Gasteiger partial charge in [0.1, 0.15) is 5.75 Å². The quantitative estimate of drug-likeness (QED) is 0.736. The van der Waals surface area contributed by atoms with E-state index >= 15 is 0 Å². The molecule has 0 fully saturated rings. The molecular weight excluding hydrogens is 202 g/mol. The van der Waals surface area contributed by atoms with Crippen molar-refractivity contribution >= 4 is 12.4 Å². The minimum absolute atomic E-state index is 0. The Labute approximate surface area is 89.3 Å². The highest BCUT2D eigenvalue weighted by Gasteiger charge is 2.28. The first-order chi connectivity index (χ1) is 6.22. The first kappa shape index (κ1) is 11.3. The summed E-state index contributed by atoms with van der Waals surface area (Å²) >= 11 is 0. The Morgan fingerprint density at radius 2 is 2.21 bits per heavy atom. The number of ether oxygens (including phenoxy) is 1. The molecule has 78 valence electrons. The molecule has 0 amide bonds. The standard InChI is InChI=1S/C10H13NO2.ClH/c1-13-7-3-2-6-4-9(11)10(12)8(6)5-7;/h2-3,5,9-10,12H,4,11H2,1H3;1H. The summed E-state index contributed by atoms with van der Waals surface area (Å²) < 4.78 is 5.07. The molecule has 0 bridgehead atoms. The van der Waals surface area contributed by atoms with E-state index in [1.807, 2.05) is 18.2 Å². The molecule has 0 aromatic heterocycles. The van der Waals surface area contributed by atoms with Crippen LogP contribution >= 0.6 is 12.4 Å². The van der Waals surface area contributed by atoms with Gasteiger partial charge in [-0.15, -0.1) is 12.4 Å². The van der Waals surface area contributed by atoms with Gasteiger partial charge in [-0.25, -0.2) is 0 Å². The monoisotopic (exact) mass is 215 g/mol. The zero-order chi connectivity index (χ0) is 9.42. The molecule has 4 heteroatoms. The van der Waals surface area contributed by atoms with Gasteiger partial charge in [0.2, 0.25) is 0 Å². The molecule has 1 aliphatic rings. The van der Waals surface area contributed by atoms with Gasteiger partial charge < -0.3 is 15.6 Å². The van der Waals surface area contributed by atoms with E-state index in [9.17, 15) is 5.11 Å². The SMILES string of the molecule is COc1ccc2c(c1)C(O)C(N)C2.Cl. The van der Waals surface area contributed by atoms with Crippen LogP contribution in [0.2, 0.25) is 0 Å². The summed E-state index contributed by atoms with van der Waals surface area (Å²) in [6, 6.07) is 5.54. The highest BCUT2D eigenvalue weighted by molar-refractivity contribution is 5.85. The first-order valence-electron chi connectivity index (χ1n) is 4.33. The van der Waals surface area contributed by atoms with Crippen LogP contribution < -0.4 is 10.5 Å². The Morgan fingerprint density at radius 1 is 1.50 bits per heavy atom. The zero-order valence-corrected chi connectivity index (χ0v) is 8.75. The minimum atomic E-state index is -0.537. The average Bonchev–Trinajstić information content (AvgIpc) is 2.43. The average molecular weight is 216 g/mol. The molecule has 0 saturated carbocycles. The maximum atomic E-state index is 9.69. The second-order valence-corrected chi connectivity index (χ2v) is 3.38. The number of hydrogen-bond donors (Lipinski definition) is 2. The van der Waals surface area contributed by atoms with Crippen molar-refractivity contribution in [3.63, 3.8) is 0 Å². The predicted molar refractivity (Wildman–Crippen MR) is 56.9 cm³/mol. The molecule has 2 unspecified atom stereocenters. The van der Waals surface area contributed by atoms with Crippen LogP contribution in [0.5, 0.6) is 5.75 Å². The van der Waals surface area contributed by atoms with Crippen molar-refractivity contribution in [3.8, 4) is 5.75 Å². The molecular formula is C10H14ClNO2. The largest absolute Gasteiger partial charge is 0.497 e. The van der Waals surface area contributed by atoms with Gasteiger partial charge >= 0.3 is 0 Å². The van der Waals surface area contributed by atoms with Crippen molar-refractivity contribution in [3.05, 3.63) is 29.3 Å². The van der Waals surface area contributed by atoms with Crippen molar-refractivity contribution in [2.45, 2.75) is 18.6 Å². The lowest BCUT2D eigenvalue weighted by molar-refractivity contribution is 0.159. The van der Waals surface area contributed by atoms with Crippen LogP contribution in [0.3, 0.4) is 0 Å². The first-order valence-corrected chi connectivity index (χ1v) is 4.33. The summed E-state index contributed by atoms with van der Waals surface area (Å²) in [6.07, 6.45) is 0.214. The number of methoxy groups -OCH3 is 1. The van der Waals surface area contributed by atoms with Crippen LogP contribution in [0.4, 0.5) is 0 Å². The Bertz CT molecular complexity index is 330. The van der Waals surface area contributed by atoms with Gasteiger partial charge in [-0.05, 0) is 29.7 Å². The third-order valence-corrected chi connectivity index (χ3v) is 2.53. The molecule has 0 aliphatic heterocycles. The van der Waals surface area contributed by atoms with E-state index in [4.69, 9.17) is 10.5 Å². The van der Waals surface area contributed by atoms with Crippen LogP contribution in [0.25, 0.3) is 0 Å². The molecule has 0 heterocycles. The number of fused-ring (bicyclic) bond motifs is 1. The minimum Gasteiger partial charge on any atom is -0.497 e. The van der Waals surface area contributed by atoms with Crippen molar-refractivity contribution in [2.75, 3.05) is 7.11 Å². The van der Waals surface area contributed by atoms with Gasteiger partial charge in [0, 0.05) is 6.04 Å². The lowest BCUT2D eigenvalue weighted by Gasteiger charge is -2.09. The summed E-state index contributed by atoms with van der Waals surface area (Å²) in [5.74, 6) is 0.770. The van der Waals surface area contributed by atoms with Gasteiger partial charge in [-0.2, -0.15) is 0 Å². The van der Waals surface area contributed by atoms with E-state index < -0.39 is 6.10 Å². The molecule has 0 radical (unpaired) electrons. The number of aliphatic hydroxyl groups excluding tert-OH is 1. The zero-order valence-electron chi connectivity index (χ0n) is 7.93. The van der Waals surface area contributed by atoms with Crippen LogP contribution in [0, 0.1) is 0 Å². The summed E-state index contributed by atoms with van der Waals surface area (Å²) in [4.78, 5) is 0. The topological polar surface area (TPSA) is 55.5 Å². The molecule has 1 aromatic rings. The number of benzene rings is 1. The third kappa shape index (κ3) is 1.71. The smallest absolute Gasteiger partial charge is 0.119 e. The maximum absolute atomic E-state index is 9.69. The normalized spacial score (nSPS) is 23.9. The second-order valence-electron chi connectivity index (χ2n) is 3.38. The molecule has 1 aliphatic carbocycles. The number of rotatable bonds is 1. The van der Waals surface area contributed by atoms with Crippen molar-refractivity contribution < 1.29 is 9.84 Å². The fourth-order valence-corrected chi connectivity index (χ4v) is 1.76. The number of nitrogens with two attached hydrogens (primary N) is 1. The molecule has 3 nitrogen and oxygen atoms in total. The summed E-state index contributed by atoms with van der Waals surface area (Å²) in [6.45, 7) is 0. The fraction of sp³-hybridized carbons (Fsp3) is 0.400. The van der Waals surface area contributed by atoms with Crippen LogP contribution in [0.1, 0.15) is 17.2 Å². The second kappa shape index (κ2) is 4.17. The van der Waals surface area contributed by atoms with E-state index in [1.165, 1.54) is 0 Å². The Kier molecular flexibility index (Phi) is 3.37. The highest BCUT2D eigenvalue weighted by atomic mass is 35.5. The van der Waals surface area contributed by atoms with Gasteiger partial charge in [-0.3, -0.25) is 0 Å². The molecule has 1 aromatic carbocycles. The van der Waals surface area contributed by atoms with Gasteiger partial charge in [0.15, 0.2) is 0 Å². The number of halogens is 1. The van der Waals surface area contributed by atoms with Crippen molar-refractivity contribution in [1.82, 2.24) is 0 Å². The number of hydrogen-bond acceptors (Lipinski definition) is 3. The van der Waals surface area contributed by atoms with E-state index in [0.29, 0.717) is 0 Å². The van der Waals surface area contributed by atoms with Crippen LogP contribution in [-0.4, -0.2) is 18.3 Å². The number of aliphatic hydroxyl groups is 1. The Morgan fingerprint density at radius 3 is 2.86 bits per heavy atom. The molecule has 2 atom stereocenters. The van der Waals surface area contributed by atoms with Crippen LogP contribution in [0.15, 0.2) is 18.2 Å². The Hall–Kier alpha value is -0.770. The summed E-state index contributed by atoms with van der Waals surface area (Å²) in [7, 11) is 1.61. The lowest BCUT2D eigenvalue weighted by atomic mass is 10.1. The third-order valence-electron chi connectivity index (χ3n) is 2.53. The van der Waals surface area contributed by atoms with E-state index in [0.717, 1.165) is 23.3 Å². The molecule has 14 heavy (non-hydrogen) atoms. The molecule has 2 rings (SSSR count).